The molecule has 0 heterocycles. The highest BCUT2D eigenvalue weighted by Crippen LogP contribution is 2.19. The van der Waals surface area contributed by atoms with Crippen LogP contribution in [-0.2, 0) is 6.54 Å². The smallest absolute Gasteiger partial charge is 0.191 e. The lowest BCUT2D eigenvalue weighted by atomic mass is 10.1. The van der Waals surface area contributed by atoms with E-state index in [4.69, 9.17) is 5.26 Å². The molecule has 2 N–H and O–H groups in total. The molecular weight excluding hydrogens is 280 g/mol. The highest BCUT2D eigenvalue weighted by Gasteiger charge is 2.15. The molecule has 0 unspecified atom stereocenters. The zero-order valence-electron chi connectivity index (χ0n) is 13.2. The zero-order chi connectivity index (χ0) is 15.7. The van der Waals surface area contributed by atoms with Crippen molar-refractivity contribution in [3.63, 3.8) is 0 Å². The minimum Gasteiger partial charge on any atom is -0.357 e. The lowest BCUT2D eigenvalue weighted by Crippen LogP contribution is -2.43. The van der Waals surface area contributed by atoms with Crippen LogP contribution in [0.4, 0.5) is 0 Å². The minimum atomic E-state index is 0.171. The van der Waals surface area contributed by atoms with Crippen molar-refractivity contribution >= 4 is 17.7 Å². The maximum atomic E-state index is 8.79. The fourth-order valence-electron chi connectivity index (χ4n) is 1.57. The molecule has 0 radical (unpaired) electrons. The number of benzene rings is 1. The van der Waals surface area contributed by atoms with Crippen LogP contribution in [-0.4, -0.2) is 30.1 Å². The predicted molar refractivity (Wildman–Crippen MR) is 91.6 cm³/mol. The molecule has 0 fully saturated rings. The number of hydrogen-bond donors (Lipinski definition) is 2. The molecule has 0 aliphatic carbocycles. The molecule has 0 amide bonds. The van der Waals surface area contributed by atoms with Crippen LogP contribution < -0.4 is 10.6 Å². The lowest BCUT2D eigenvalue weighted by Gasteiger charge is -2.23. The van der Waals surface area contributed by atoms with Gasteiger partial charge in [0.2, 0.25) is 0 Å². The summed E-state index contributed by atoms with van der Waals surface area (Å²) in [5, 5.41) is 15.4. The molecule has 0 saturated carbocycles. The molecule has 1 aromatic rings. The van der Waals surface area contributed by atoms with Gasteiger partial charge >= 0.3 is 0 Å². The van der Waals surface area contributed by atoms with Gasteiger partial charge in [-0.2, -0.15) is 17.0 Å². The van der Waals surface area contributed by atoms with Gasteiger partial charge in [-0.05, 0) is 44.7 Å². The molecule has 1 aromatic carbocycles. The first-order chi connectivity index (χ1) is 10.0. The number of nitrogens with zero attached hydrogens (tertiary/aromatic N) is 2. The number of nitrogens with one attached hydrogen (secondary N) is 2. The monoisotopic (exact) mass is 304 g/mol. The Morgan fingerprint density at radius 2 is 1.95 bits per heavy atom. The van der Waals surface area contributed by atoms with Gasteiger partial charge in [0.05, 0.1) is 18.2 Å². The van der Waals surface area contributed by atoms with Gasteiger partial charge in [0, 0.05) is 17.8 Å². The zero-order valence-corrected chi connectivity index (χ0v) is 14.0. The number of aliphatic imine (C=N–C) groups is 1. The number of guanidine groups is 1. The minimum absolute atomic E-state index is 0.171. The molecule has 0 atom stereocenters. The molecule has 0 aliphatic rings. The van der Waals surface area contributed by atoms with Crippen molar-refractivity contribution in [3.8, 4) is 6.07 Å². The lowest BCUT2D eigenvalue weighted by molar-refractivity contribution is 0.665. The van der Waals surface area contributed by atoms with Gasteiger partial charge in [-0.1, -0.05) is 12.1 Å². The SMILES string of the molecule is CCNC(=NCc1ccc(C#N)cc1)NCC(C)(C)SC. The Bertz CT molecular complexity index is 500. The van der Waals surface area contributed by atoms with Crippen molar-refractivity contribution in [2.75, 3.05) is 19.3 Å². The predicted octanol–water partition coefficient (Wildman–Crippen LogP) is 2.75. The standard InChI is InChI=1S/C16H24N4S/c1-5-18-15(20-12-16(2,3)21-4)19-11-14-8-6-13(10-17)7-9-14/h6-9H,5,11-12H2,1-4H3,(H2,18,19,20). The fourth-order valence-corrected chi connectivity index (χ4v) is 1.78. The van der Waals surface area contributed by atoms with Crippen LogP contribution in [0.25, 0.3) is 0 Å². The number of nitriles is 1. The fraction of sp³-hybridized carbons (Fsp3) is 0.500. The first kappa shape index (κ1) is 17.4. The van der Waals surface area contributed by atoms with E-state index < -0.39 is 0 Å². The van der Waals surface area contributed by atoms with E-state index >= 15 is 0 Å². The van der Waals surface area contributed by atoms with E-state index in [9.17, 15) is 0 Å². The summed E-state index contributed by atoms with van der Waals surface area (Å²) >= 11 is 1.83. The van der Waals surface area contributed by atoms with Gasteiger partial charge in [-0.3, -0.25) is 0 Å². The molecule has 0 spiro atoms. The van der Waals surface area contributed by atoms with Gasteiger partial charge in [-0.25, -0.2) is 4.99 Å². The van der Waals surface area contributed by atoms with Crippen LogP contribution in [0, 0.1) is 11.3 Å². The Labute approximate surface area is 132 Å². The van der Waals surface area contributed by atoms with Crippen LogP contribution in [0.1, 0.15) is 31.9 Å². The summed E-state index contributed by atoms with van der Waals surface area (Å²) in [6.07, 6.45) is 2.11. The van der Waals surface area contributed by atoms with Gasteiger partial charge in [0.25, 0.3) is 0 Å². The maximum Gasteiger partial charge on any atom is 0.191 e. The molecule has 0 bridgehead atoms. The van der Waals surface area contributed by atoms with Gasteiger partial charge in [-0.15, -0.1) is 0 Å². The van der Waals surface area contributed by atoms with Crippen molar-refractivity contribution in [2.45, 2.75) is 32.1 Å². The molecule has 0 aromatic heterocycles. The van der Waals surface area contributed by atoms with Crippen molar-refractivity contribution in [1.82, 2.24) is 10.6 Å². The van der Waals surface area contributed by atoms with E-state index in [0.717, 1.165) is 24.6 Å². The first-order valence-electron chi connectivity index (χ1n) is 7.07. The largest absolute Gasteiger partial charge is 0.357 e. The Morgan fingerprint density at radius 3 is 2.48 bits per heavy atom. The molecule has 0 aliphatic heterocycles. The normalized spacial score (nSPS) is 11.9. The van der Waals surface area contributed by atoms with Crippen LogP contribution in [0.2, 0.25) is 0 Å². The molecule has 1 rings (SSSR count). The maximum absolute atomic E-state index is 8.79. The second-order valence-electron chi connectivity index (χ2n) is 5.32. The summed E-state index contributed by atoms with van der Waals surface area (Å²) in [4.78, 5) is 4.58. The van der Waals surface area contributed by atoms with Crippen molar-refractivity contribution in [1.29, 1.82) is 5.26 Å². The van der Waals surface area contributed by atoms with E-state index in [2.05, 4.69) is 48.7 Å². The Morgan fingerprint density at radius 1 is 1.29 bits per heavy atom. The molecule has 4 nitrogen and oxygen atoms in total. The molecule has 114 valence electrons. The molecular formula is C16H24N4S. The van der Waals surface area contributed by atoms with E-state index in [1.165, 1.54) is 0 Å². The number of rotatable bonds is 6. The summed E-state index contributed by atoms with van der Waals surface area (Å²) in [5.41, 5.74) is 1.77. The summed E-state index contributed by atoms with van der Waals surface area (Å²) in [7, 11) is 0. The summed E-state index contributed by atoms with van der Waals surface area (Å²) in [5.74, 6) is 0.823. The van der Waals surface area contributed by atoms with E-state index in [-0.39, 0.29) is 4.75 Å². The Hall–Kier alpha value is -1.67. The molecule has 0 saturated heterocycles. The van der Waals surface area contributed by atoms with Crippen molar-refractivity contribution < 1.29 is 0 Å². The van der Waals surface area contributed by atoms with E-state index in [1.54, 1.807) is 0 Å². The highest BCUT2D eigenvalue weighted by molar-refractivity contribution is 7.99. The van der Waals surface area contributed by atoms with Crippen LogP contribution in [0.3, 0.4) is 0 Å². The third-order valence-corrected chi connectivity index (χ3v) is 4.33. The van der Waals surface area contributed by atoms with E-state index in [1.807, 2.05) is 36.0 Å². The Kier molecular flexibility index (Phi) is 7.10. The van der Waals surface area contributed by atoms with Crippen molar-refractivity contribution in [3.05, 3.63) is 35.4 Å². The second kappa shape index (κ2) is 8.58. The third-order valence-electron chi connectivity index (χ3n) is 3.08. The number of hydrogen-bond acceptors (Lipinski definition) is 3. The molecule has 21 heavy (non-hydrogen) atoms. The topological polar surface area (TPSA) is 60.2 Å². The quantitative estimate of drug-likeness (QED) is 0.627. The average molecular weight is 304 g/mol. The van der Waals surface area contributed by atoms with Gasteiger partial charge in [0.1, 0.15) is 0 Å². The summed E-state index contributed by atoms with van der Waals surface area (Å²) in [6.45, 7) is 8.75. The van der Waals surface area contributed by atoms with Crippen LogP contribution >= 0.6 is 11.8 Å². The summed E-state index contributed by atoms with van der Waals surface area (Å²) < 4.78 is 0.171. The van der Waals surface area contributed by atoms with Crippen LogP contribution in [0.15, 0.2) is 29.3 Å². The number of thioether (sulfide) groups is 1. The molecule has 5 heteroatoms. The second-order valence-corrected chi connectivity index (χ2v) is 6.83. The van der Waals surface area contributed by atoms with Gasteiger partial charge < -0.3 is 10.6 Å². The van der Waals surface area contributed by atoms with Crippen molar-refractivity contribution in [2.24, 2.45) is 4.99 Å². The van der Waals surface area contributed by atoms with Crippen LogP contribution in [0.5, 0.6) is 0 Å². The highest BCUT2D eigenvalue weighted by atomic mass is 32.2. The Balaban J connectivity index is 2.64. The summed E-state index contributed by atoms with van der Waals surface area (Å²) in [6, 6.07) is 9.65. The third kappa shape index (κ3) is 6.54. The average Bonchev–Trinajstić information content (AvgIpc) is 2.50. The van der Waals surface area contributed by atoms with Gasteiger partial charge in [0.15, 0.2) is 5.96 Å². The first-order valence-corrected chi connectivity index (χ1v) is 8.29. The van der Waals surface area contributed by atoms with E-state index in [0.29, 0.717) is 12.1 Å².